The number of halogens is 2. The van der Waals surface area contributed by atoms with Gasteiger partial charge in [-0.25, -0.2) is 0 Å². The highest BCUT2D eigenvalue weighted by molar-refractivity contribution is 6.31. The zero-order chi connectivity index (χ0) is 26.3. The van der Waals surface area contributed by atoms with Crippen molar-refractivity contribution in [2.24, 2.45) is 0 Å². The van der Waals surface area contributed by atoms with E-state index in [9.17, 15) is 4.79 Å². The Morgan fingerprint density at radius 3 is 2.59 bits per heavy atom. The van der Waals surface area contributed by atoms with Crippen LogP contribution in [0.3, 0.4) is 0 Å². The van der Waals surface area contributed by atoms with Crippen LogP contribution in [0.1, 0.15) is 41.7 Å². The van der Waals surface area contributed by atoms with E-state index in [-0.39, 0.29) is 36.6 Å². The van der Waals surface area contributed by atoms with Crippen molar-refractivity contribution in [3.05, 3.63) is 46.6 Å². The number of ether oxygens (including phenoxy) is 2. The van der Waals surface area contributed by atoms with Gasteiger partial charge < -0.3 is 25.0 Å². The third-order valence-corrected chi connectivity index (χ3v) is 7.73. The van der Waals surface area contributed by atoms with Crippen molar-refractivity contribution in [3.8, 4) is 11.8 Å². The van der Waals surface area contributed by atoms with Crippen LogP contribution in [-0.4, -0.2) is 91.7 Å². The Kier molecular flexibility index (Phi) is 10.6. The highest BCUT2D eigenvalue weighted by atomic mass is 35.5. The lowest BCUT2D eigenvalue weighted by Gasteiger charge is -2.37. The predicted octanol–water partition coefficient (Wildman–Crippen LogP) is 2.65. The summed E-state index contributed by atoms with van der Waals surface area (Å²) in [5.74, 6) is 1.27. The molecule has 2 aliphatic heterocycles. The maximum absolute atomic E-state index is 12.8. The molecular formula is C27H35Cl2N7O3. The lowest BCUT2D eigenvalue weighted by atomic mass is 9.93. The van der Waals surface area contributed by atoms with Gasteiger partial charge in [-0.2, -0.15) is 5.26 Å². The average molecular weight is 577 g/mol. The van der Waals surface area contributed by atoms with Gasteiger partial charge in [0.1, 0.15) is 11.8 Å². The molecule has 3 fully saturated rings. The van der Waals surface area contributed by atoms with Crippen LogP contribution in [0.5, 0.6) is 5.75 Å². The monoisotopic (exact) mass is 575 g/mol. The van der Waals surface area contributed by atoms with Gasteiger partial charge in [0.2, 0.25) is 0 Å². The van der Waals surface area contributed by atoms with Gasteiger partial charge in [-0.05, 0) is 49.9 Å². The molecule has 2 aromatic rings. The average Bonchev–Trinajstić information content (AvgIpc) is 2.95. The van der Waals surface area contributed by atoms with Gasteiger partial charge in [0.05, 0.1) is 29.4 Å². The number of benzene rings is 1. The van der Waals surface area contributed by atoms with Gasteiger partial charge in [0, 0.05) is 57.9 Å². The first kappa shape index (κ1) is 29.3. The van der Waals surface area contributed by atoms with Gasteiger partial charge in [-0.3, -0.25) is 9.69 Å². The molecule has 1 aromatic carbocycles. The maximum Gasteiger partial charge on any atom is 0.272 e. The Morgan fingerprint density at radius 2 is 1.95 bits per heavy atom. The summed E-state index contributed by atoms with van der Waals surface area (Å²) in [6.07, 6.45) is 3.59. The number of hydrogen-bond acceptors (Lipinski definition) is 9. The van der Waals surface area contributed by atoms with E-state index in [2.05, 4.69) is 36.7 Å². The summed E-state index contributed by atoms with van der Waals surface area (Å²) in [5.41, 5.74) is 0.766. The fourth-order valence-corrected chi connectivity index (χ4v) is 5.45. The van der Waals surface area contributed by atoms with Crippen LogP contribution in [0.25, 0.3) is 0 Å². The lowest BCUT2D eigenvalue weighted by Crippen LogP contribution is -2.52. The number of rotatable bonds is 7. The van der Waals surface area contributed by atoms with Gasteiger partial charge in [-0.15, -0.1) is 22.6 Å². The minimum Gasteiger partial charge on any atom is -0.490 e. The maximum atomic E-state index is 12.8. The van der Waals surface area contributed by atoms with Crippen molar-refractivity contribution in [1.82, 2.24) is 25.7 Å². The lowest BCUT2D eigenvalue weighted by molar-refractivity contribution is 0.00463. The second-order valence-electron chi connectivity index (χ2n) is 10.1. The van der Waals surface area contributed by atoms with Gasteiger partial charge in [0.15, 0.2) is 11.5 Å². The van der Waals surface area contributed by atoms with E-state index < -0.39 is 0 Å². The molecule has 0 unspecified atom stereocenters. The Bertz CT molecular complexity index is 1130. The second kappa shape index (κ2) is 14.1. The smallest absolute Gasteiger partial charge is 0.272 e. The largest absolute Gasteiger partial charge is 0.490 e. The van der Waals surface area contributed by atoms with Crippen LogP contribution in [0.4, 0.5) is 5.82 Å². The predicted molar refractivity (Wildman–Crippen MR) is 151 cm³/mol. The first-order valence-corrected chi connectivity index (χ1v) is 13.8. The third-order valence-electron chi connectivity index (χ3n) is 7.42. The first-order valence-electron chi connectivity index (χ1n) is 13.4. The van der Waals surface area contributed by atoms with Crippen molar-refractivity contribution >= 4 is 35.7 Å². The fourth-order valence-electron chi connectivity index (χ4n) is 5.24. The molecule has 1 atom stereocenters. The number of nitrogens with zero attached hydrogens (tertiary/aromatic N) is 5. The number of carbonyl (C=O) groups excluding carboxylic acids is 1. The summed E-state index contributed by atoms with van der Waals surface area (Å²) in [5, 5.41) is 24.5. The topological polar surface area (TPSA) is 116 Å². The van der Waals surface area contributed by atoms with Crippen LogP contribution in [0, 0.1) is 11.3 Å². The van der Waals surface area contributed by atoms with Crippen LogP contribution < -0.4 is 20.3 Å². The Labute approximate surface area is 240 Å². The highest BCUT2D eigenvalue weighted by Gasteiger charge is 2.26. The minimum absolute atomic E-state index is 0. The normalized spacial score (nSPS) is 23.8. The summed E-state index contributed by atoms with van der Waals surface area (Å²) in [4.78, 5) is 17.4. The van der Waals surface area contributed by atoms with Crippen molar-refractivity contribution in [3.63, 3.8) is 0 Å². The van der Waals surface area contributed by atoms with Gasteiger partial charge in [0.25, 0.3) is 5.91 Å². The summed E-state index contributed by atoms with van der Waals surface area (Å²) in [7, 11) is 0. The summed E-state index contributed by atoms with van der Waals surface area (Å²) < 4.78 is 11.9. The van der Waals surface area contributed by atoms with E-state index in [0.717, 1.165) is 83.9 Å². The molecular weight excluding hydrogens is 541 g/mol. The quantitative estimate of drug-likeness (QED) is 0.514. The molecule has 0 bridgehead atoms. The number of aromatic nitrogens is 2. The van der Waals surface area contributed by atoms with Crippen LogP contribution in [-0.2, 0) is 4.74 Å². The summed E-state index contributed by atoms with van der Waals surface area (Å²) in [6.45, 7) is 7.24. The molecule has 0 radical (unpaired) electrons. The van der Waals surface area contributed by atoms with Crippen molar-refractivity contribution < 1.29 is 14.3 Å². The van der Waals surface area contributed by atoms with E-state index in [4.69, 9.17) is 26.3 Å². The van der Waals surface area contributed by atoms with Crippen LogP contribution in [0.15, 0.2) is 30.3 Å². The molecule has 1 saturated carbocycles. The third kappa shape index (κ3) is 7.93. The zero-order valence-electron chi connectivity index (χ0n) is 21.9. The number of morpholine rings is 1. The SMILES string of the molecule is Cl.N#Cc1ccc(OC2CCC(NC(=O)c3ccc(N4CCN(C[C@H]5CNCCO5)CC4)nn3)CC2)cc1Cl. The molecule has 3 heterocycles. The van der Waals surface area contributed by atoms with Crippen LogP contribution >= 0.6 is 24.0 Å². The molecule has 210 valence electrons. The van der Waals surface area contributed by atoms with E-state index >= 15 is 0 Å². The molecule has 1 amide bonds. The Morgan fingerprint density at radius 1 is 1.15 bits per heavy atom. The number of nitriles is 1. The molecule has 39 heavy (non-hydrogen) atoms. The molecule has 12 heteroatoms. The minimum atomic E-state index is -0.196. The van der Waals surface area contributed by atoms with Crippen molar-refractivity contribution in [2.75, 3.05) is 57.3 Å². The fraction of sp³-hybridized carbons (Fsp3) is 0.556. The van der Waals surface area contributed by atoms with E-state index in [1.54, 1.807) is 24.3 Å². The number of anilines is 1. The number of carbonyl (C=O) groups is 1. The standard InChI is InChI=1S/C27H34ClN7O3.ClH/c28-24-15-22(4-1-19(24)16-29)38-21-5-2-20(3-6-21)31-27(36)25-7-8-26(33-32-25)35-12-10-34(11-13-35)18-23-17-30-9-14-37-23;/h1,4,7-8,15,20-21,23,30H,2-3,5-6,9-14,17-18H2,(H,31,36);1H/t20?,21?,23-;/m1./s1. The second-order valence-corrected chi connectivity index (χ2v) is 10.5. The molecule has 3 aliphatic rings. The molecule has 1 aromatic heterocycles. The molecule has 1 aliphatic carbocycles. The molecule has 2 saturated heterocycles. The Hall–Kier alpha value is -2.68. The van der Waals surface area contributed by atoms with Gasteiger partial charge >= 0.3 is 0 Å². The number of hydrogen-bond donors (Lipinski definition) is 2. The zero-order valence-corrected chi connectivity index (χ0v) is 23.4. The molecule has 5 rings (SSSR count). The molecule has 10 nitrogen and oxygen atoms in total. The Balaban J connectivity index is 0.00000353. The van der Waals surface area contributed by atoms with Crippen molar-refractivity contribution in [1.29, 1.82) is 5.26 Å². The number of amides is 1. The highest BCUT2D eigenvalue weighted by Crippen LogP contribution is 2.27. The first-order chi connectivity index (χ1) is 18.6. The van der Waals surface area contributed by atoms with E-state index in [1.165, 1.54) is 0 Å². The summed E-state index contributed by atoms with van der Waals surface area (Å²) in [6, 6.07) is 10.9. The molecule has 2 N–H and O–H groups in total. The van der Waals surface area contributed by atoms with E-state index in [0.29, 0.717) is 22.0 Å². The molecule has 0 spiro atoms. The van der Waals surface area contributed by atoms with Crippen LogP contribution in [0.2, 0.25) is 5.02 Å². The van der Waals surface area contributed by atoms with Gasteiger partial charge in [-0.1, -0.05) is 11.6 Å². The summed E-state index contributed by atoms with van der Waals surface area (Å²) >= 11 is 6.11. The number of nitrogens with one attached hydrogen (secondary N) is 2. The number of piperazine rings is 1. The van der Waals surface area contributed by atoms with Crippen molar-refractivity contribution in [2.45, 2.75) is 43.9 Å². The van der Waals surface area contributed by atoms with E-state index in [1.807, 2.05) is 6.07 Å².